The zero-order valence-corrected chi connectivity index (χ0v) is 13.2. The molecule has 0 bridgehead atoms. The first-order valence-corrected chi connectivity index (χ1v) is 8.05. The van der Waals surface area contributed by atoms with E-state index in [1.165, 1.54) is 19.3 Å². The highest BCUT2D eigenvalue weighted by Crippen LogP contribution is 2.24. The molecule has 1 fully saturated rings. The summed E-state index contributed by atoms with van der Waals surface area (Å²) in [7, 11) is 0. The van der Waals surface area contributed by atoms with Gasteiger partial charge in [-0.25, -0.2) is 4.98 Å². The van der Waals surface area contributed by atoms with E-state index in [0.717, 1.165) is 25.1 Å². The number of nitrogens with one attached hydrogen (secondary N) is 1. The Kier molecular flexibility index (Phi) is 6.11. The second-order valence-corrected chi connectivity index (χ2v) is 6.39. The van der Waals surface area contributed by atoms with Crippen molar-refractivity contribution in [1.82, 2.24) is 10.3 Å². The van der Waals surface area contributed by atoms with Gasteiger partial charge < -0.3 is 10.1 Å². The molecule has 2 rings (SSSR count). The molecule has 0 aromatic carbocycles. The molecule has 0 spiro atoms. The van der Waals surface area contributed by atoms with Crippen LogP contribution in [0.2, 0.25) is 5.02 Å². The van der Waals surface area contributed by atoms with Crippen LogP contribution >= 0.6 is 11.6 Å². The molecule has 112 valence electrons. The van der Waals surface area contributed by atoms with E-state index in [4.69, 9.17) is 16.3 Å². The molecule has 1 aromatic heterocycles. The molecular weight excluding hydrogens is 272 g/mol. The van der Waals surface area contributed by atoms with E-state index in [-0.39, 0.29) is 0 Å². The fourth-order valence-corrected chi connectivity index (χ4v) is 2.66. The van der Waals surface area contributed by atoms with Crippen molar-refractivity contribution in [2.24, 2.45) is 5.92 Å². The molecule has 1 aliphatic carbocycles. The summed E-state index contributed by atoms with van der Waals surface area (Å²) in [5.74, 6) is 1.33. The van der Waals surface area contributed by atoms with Crippen molar-refractivity contribution in [1.29, 1.82) is 0 Å². The number of aromatic nitrogens is 1. The smallest absolute Gasteiger partial charge is 0.213 e. The largest absolute Gasteiger partial charge is 0.474 e. The fourth-order valence-electron chi connectivity index (χ4n) is 2.49. The van der Waals surface area contributed by atoms with E-state index < -0.39 is 0 Å². The zero-order valence-electron chi connectivity index (χ0n) is 12.5. The summed E-state index contributed by atoms with van der Waals surface area (Å²) in [4.78, 5) is 4.55. The first-order chi connectivity index (χ1) is 9.65. The summed E-state index contributed by atoms with van der Waals surface area (Å²) in [6.07, 6.45) is 6.48. The SMILES string of the molecule is CC(C)CNCc1nc(OC2CCCCC2)ccc1Cl. The molecule has 0 unspecified atom stereocenters. The van der Waals surface area contributed by atoms with E-state index in [1.54, 1.807) is 0 Å². The zero-order chi connectivity index (χ0) is 14.4. The highest BCUT2D eigenvalue weighted by Gasteiger charge is 2.16. The molecule has 0 amide bonds. The van der Waals surface area contributed by atoms with Gasteiger partial charge in [-0.05, 0) is 44.2 Å². The highest BCUT2D eigenvalue weighted by atomic mass is 35.5. The van der Waals surface area contributed by atoms with Crippen LogP contribution in [0.25, 0.3) is 0 Å². The van der Waals surface area contributed by atoms with Crippen molar-refractivity contribution in [3.05, 3.63) is 22.8 Å². The summed E-state index contributed by atoms with van der Waals surface area (Å²) in [6.45, 7) is 6.03. The van der Waals surface area contributed by atoms with Crippen molar-refractivity contribution in [2.75, 3.05) is 6.54 Å². The molecule has 4 heteroatoms. The molecule has 1 aromatic rings. The number of pyridine rings is 1. The van der Waals surface area contributed by atoms with Crippen molar-refractivity contribution in [3.8, 4) is 5.88 Å². The Morgan fingerprint density at radius 3 is 2.75 bits per heavy atom. The molecule has 1 saturated carbocycles. The van der Waals surface area contributed by atoms with Gasteiger partial charge in [0.25, 0.3) is 0 Å². The van der Waals surface area contributed by atoms with Crippen LogP contribution in [0.3, 0.4) is 0 Å². The van der Waals surface area contributed by atoms with Crippen LogP contribution in [-0.4, -0.2) is 17.6 Å². The van der Waals surface area contributed by atoms with E-state index in [2.05, 4.69) is 24.1 Å². The lowest BCUT2D eigenvalue weighted by Crippen LogP contribution is -2.22. The fraction of sp³-hybridized carbons (Fsp3) is 0.688. The standard InChI is InChI=1S/C16H25ClN2O/c1-12(2)10-18-11-15-14(17)8-9-16(19-15)20-13-6-4-3-5-7-13/h8-9,12-13,18H,3-7,10-11H2,1-2H3. The molecule has 0 saturated heterocycles. The van der Waals surface area contributed by atoms with Crippen LogP contribution in [0.4, 0.5) is 0 Å². The Labute approximate surface area is 127 Å². The predicted molar refractivity (Wildman–Crippen MR) is 83.3 cm³/mol. The van der Waals surface area contributed by atoms with Gasteiger partial charge in [-0.15, -0.1) is 0 Å². The molecule has 1 aliphatic rings. The van der Waals surface area contributed by atoms with Gasteiger partial charge in [0.05, 0.1) is 10.7 Å². The van der Waals surface area contributed by atoms with Gasteiger partial charge >= 0.3 is 0 Å². The summed E-state index contributed by atoms with van der Waals surface area (Å²) in [5.41, 5.74) is 0.876. The number of nitrogens with zero attached hydrogens (tertiary/aromatic N) is 1. The van der Waals surface area contributed by atoms with Gasteiger partial charge in [-0.1, -0.05) is 31.9 Å². The van der Waals surface area contributed by atoms with Gasteiger partial charge in [-0.3, -0.25) is 0 Å². The molecule has 0 radical (unpaired) electrons. The minimum absolute atomic E-state index is 0.328. The Morgan fingerprint density at radius 2 is 2.05 bits per heavy atom. The molecular formula is C16H25ClN2O. The summed E-state index contributed by atoms with van der Waals surface area (Å²) >= 11 is 6.20. The molecule has 0 atom stereocenters. The maximum Gasteiger partial charge on any atom is 0.213 e. The van der Waals surface area contributed by atoms with Crippen molar-refractivity contribution in [3.63, 3.8) is 0 Å². The van der Waals surface area contributed by atoms with Crippen LogP contribution in [0, 0.1) is 5.92 Å². The Bertz CT molecular complexity index is 417. The third-order valence-corrected chi connectivity index (χ3v) is 3.92. The lowest BCUT2D eigenvalue weighted by molar-refractivity contribution is 0.148. The normalized spacial score (nSPS) is 16.6. The maximum absolute atomic E-state index is 6.20. The Balaban J connectivity index is 1.92. The maximum atomic E-state index is 6.20. The Hall–Kier alpha value is -0.800. The molecule has 1 N–H and O–H groups in total. The third kappa shape index (κ3) is 4.95. The topological polar surface area (TPSA) is 34.2 Å². The van der Waals surface area contributed by atoms with Gasteiger partial charge in [0, 0.05) is 12.6 Å². The van der Waals surface area contributed by atoms with E-state index in [0.29, 0.717) is 29.5 Å². The Morgan fingerprint density at radius 1 is 1.30 bits per heavy atom. The van der Waals surface area contributed by atoms with Crippen LogP contribution in [0.1, 0.15) is 51.6 Å². The predicted octanol–water partition coefficient (Wildman–Crippen LogP) is 4.19. The van der Waals surface area contributed by atoms with Crippen molar-refractivity contribution >= 4 is 11.6 Å². The van der Waals surface area contributed by atoms with Gasteiger partial charge in [-0.2, -0.15) is 0 Å². The quantitative estimate of drug-likeness (QED) is 0.854. The monoisotopic (exact) mass is 296 g/mol. The van der Waals surface area contributed by atoms with Crippen molar-refractivity contribution in [2.45, 2.75) is 58.6 Å². The lowest BCUT2D eigenvalue weighted by Gasteiger charge is -2.22. The minimum atomic E-state index is 0.328. The highest BCUT2D eigenvalue weighted by molar-refractivity contribution is 6.31. The minimum Gasteiger partial charge on any atom is -0.474 e. The number of hydrogen-bond acceptors (Lipinski definition) is 3. The van der Waals surface area contributed by atoms with E-state index >= 15 is 0 Å². The molecule has 3 nitrogen and oxygen atoms in total. The summed E-state index contributed by atoms with van der Waals surface area (Å²) in [6, 6.07) is 3.77. The first-order valence-electron chi connectivity index (χ1n) is 7.68. The average molecular weight is 297 g/mol. The van der Waals surface area contributed by atoms with Crippen LogP contribution in [0.5, 0.6) is 5.88 Å². The number of hydrogen-bond donors (Lipinski definition) is 1. The number of halogens is 1. The van der Waals surface area contributed by atoms with Crippen LogP contribution in [-0.2, 0) is 6.54 Å². The van der Waals surface area contributed by atoms with Gasteiger partial charge in [0.15, 0.2) is 0 Å². The molecule has 1 heterocycles. The summed E-state index contributed by atoms with van der Waals surface area (Å²) < 4.78 is 5.98. The third-order valence-electron chi connectivity index (χ3n) is 3.58. The van der Waals surface area contributed by atoms with Gasteiger partial charge in [0.2, 0.25) is 5.88 Å². The van der Waals surface area contributed by atoms with Crippen LogP contribution < -0.4 is 10.1 Å². The summed E-state index contributed by atoms with van der Waals surface area (Å²) in [5, 5.41) is 4.08. The second kappa shape index (κ2) is 7.84. The molecule has 0 aliphatic heterocycles. The molecule has 20 heavy (non-hydrogen) atoms. The first kappa shape index (κ1) is 15.6. The second-order valence-electron chi connectivity index (χ2n) is 5.98. The number of ether oxygens (including phenoxy) is 1. The number of rotatable bonds is 6. The van der Waals surface area contributed by atoms with E-state index in [9.17, 15) is 0 Å². The average Bonchev–Trinajstić information content (AvgIpc) is 2.43. The van der Waals surface area contributed by atoms with Crippen LogP contribution in [0.15, 0.2) is 12.1 Å². The van der Waals surface area contributed by atoms with Gasteiger partial charge in [0.1, 0.15) is 6.10 Å². The lowest BCUT2D eigenvalue weighted by atomic mass is 9.98. The van der Waals surface area contributed by atoms with E-state index in [1.807, 2.05) is 12.1 Å². The van der Waals surface area contributed by atoms with Crippen molar-refractivity contribution < 1.29 is 4.74 Å².